The average Bonchev–Trinajstić information content (AvgIpc) is 2.91. The van der Waals surface area contributed by atoms with E-state index in [0.717, 1.165) is 6.42 Å². The van der Waals surface area contributed by atoms with E-state index in [1.807, 2.05) is 0 Å². The number of carbonyl (C=O) groups excluding carboxylic acids is 2. The van der Waals surface area contributed by atoms with Crippen LogP contribution in [0.1, 0.15) is 12.8 Å². The van der Waals surface area contributed by atoms with Gasteiger partial charge in [-0.15, -0.1) is 0 Å². The van der Waals surface area contributed by atoms with Crippen molar-refractivity contribution in [1.82, 2.24) is 4.90 Å². The standard InChI is InChI=1S/C14H16Cl2N2O3/c1-21-14(20)11-6-3-7-18(11)8-12(19)17-10-5-2-4-9(15)13(10)16/h2,4-5,11H,3,6-8H2,1H3,(H,17,19). The van der Waals surface area contributed by atoms with Crippen LogP contribution in [0.15, 0.2) is 18.2 Å². The number of rotatable bonds is 4. The number of halogens is 2. The molecule has 1 aromatic rings. The summed E-state index contributed by atoms with van der Waals surface area (Å²) in [5, 5.41) is 3.39. The van der Waals surface area contributed by atoms with E-state index < -0.39 is 0 Å². The van der Waals surface area contributed by atoms with Gasteiger partial charge in [0, 0.05) is 0 Å². The maximum absolute atomic E-state index is 12.1. The van der Waals surface area contributed by atoms with Gasteiger partial charge in [0.2, 0.25) is 5.91 Å². The van der Waals surface area contributed by atoms with Crippen molar-refractivity contribution in [1.29, 1.82) is 0 Å². The lowest BCUT2D eigenvalue weighted by Gasteiger charge is -2.21. The van der Waals surface area contributed by atoms with E-state index >= 15 is 0 Å². The van der Waals surface area contributed by atoms with Gasteiger partial charge >= 0.3 is 5.97 Å². The first-order chi connectivity index (χ1) is 10.0. The summed E-state index contributed by atoms with van der Waals surface area (Å²) in [5.74, 6) is -0.545. The zero-order valence-electron chi connectivity index (χ0n) is 11.6. The van der Waals surface area contributed by atoms with Gasteiger partial charge in [-0.1, -0.05) is 29.3 Å². The van der Waals surface area contributed by atoms with E-state index in [2.05, 4.69) is 5.32 Å². The molecule has 1 N–H and O–H groups in total. The molecule has 0 spiro atoms. The zero-order chi connectivity index (χ0) is 15.4. The Bertz CT molecular complexity index is 551. The van der Waals surface area contributed by atoms with Crippen LogP contribution in [0.3, 0.4) is 0 Å². The number of ether oxygens (including phenoxy) is 1. The number of amides is 1. The van der Waals surface area contributed by atoms with E-state index in [-0.39, 0.29) is 24.5 Å². The smallest absolute Gasteiger partial charge is 0.323 e. The number of nitrogens with one attached hydrogen (secondary N) is 1. The molecule has 1 atom stereocenters. The van der Waals surface area contributed by atoms with Crippen LogP contribution in [0, 0.1) is 0 Å². The molecule has 0 aliphatic carbocycles. The number of hydrogen-bond donors (Lipinski definition) is 1. The van der Waals surface area contributed by atoms with Crippen LogP contribution in [0.5, 0.6) is 0 Å². The number of esters is 1. The Morgan fingerprint density at radius 3 is 2.90 bits per heavy atom. The SMILES string of the molecule is COC(=O)C1CCCN1CC(=O)Nc1cccc(Cl)c1Cl. The molecule has 1 aliphatic heterocycles. The molecule has 1 aromatic carbocycles. The quantitative estimate of drug-likeness (QED) is 0.862. The third-order valence-corrected chi connectivity index (χ3v) is 4.23. The Balaban J connectivity index is 1.98. The molecular weight excluding hydrogens is 315 g/mol. The lowest BCUT2D eigenvalue weighted by Crippen LogP contribution is -2.41. The first-order valence-corrected chi connectivity index (χ1v) is 7.34. The normalized spacial score (nSPS) is 18.5. The Morgan fingerprint density at radius 2 is 2.19 bits per heavy atom. The summed E-state index contributed by atoms with van der Waals surface area (Å²) in [6.45, 7) is 0.805. The Hall–Kier alpha value is -1.30. The minimum absolute atomic E-state index is 0.114. The Labute approximate surface area is 133 Å². The van der Waals surface area contributed by atoms with Crippen molar-refractivity contribution in [2.45, 2.75) is 18.9 Å². The number of nitrogens with zero attached hydrogens (tertiary/aromatic N) is 1. The topological polar surface area (TPSA) is 58.6 Å². The second-order valence-corrected chi connectivity index (χ2v) is 5.59. The highest BCUT2D eigenvalue weighted by Crippen LogP contribution is 2.29. The van der Waals surface area contributed by atoms with Crippen LogP contribution >= 0.6 is 23.2 Å². The van der Waals surface area contributed by atoms with Crippen molar-refractivity contribution in [3.8, 4) is 0 Å². The van der Waals surface area contributed by atoms with Crippen LogP contribution in [0.2, 0.25) is 10.0 Å². The molecule has 0 aromatic heterocycles. The second-order valence-electron chi connectivity index (χ2n) is 4.80. The van der Waals surface area contributed by atoms with Crippen molar-refractivity contribution >= 4 is 40.8 Å². The summed E-state index contributed by atoms with van der Waals surface area (Å²) in [6, 6.07) is 4.67. The fourth-order valence-electron chi connectivity index (χ4n) is 2.39. The molecule has 7 heteroatoms. The van der Waals surface area contributed by atoms with Crippen LogP contribution in [0.25, 0.3) is 0 Å². The fourth-order valence-corrected chi connectivity index (χ4v) is 2.74. The summed E-state index contributed by atoms with van der Waals surface area (Å²) < 4.78 is 4.75. The minimum Gasteiger partial charge on any atom is -0.468 e. The molecule has 21 heavy (non-hydrogen) atoms. The van der Waals surface area contributed by atoms with Crippen molar-refractivity contribution in [2.24, 2.45) is 0 Å². The summed E-state index contributed by atoms with van der Waals surface area (Å²) in [7, 11) is 1.35. The molecule has 114 valence electrons. The van der Waals surface area contributed by atoms with Crippen LogP contribution in [-0.2, 0) is 14.3 Å². The molecule has 1 aliphatic rings. The average molecular weight is 331 g/mol. The number of hydrogen-bond acceptors (Lipinski definition) is 4. The molecule has 0 saturated carbocycles. The van der Waals surface area contributed by atoms with Gasteiger partial charge < -0.3 is 10.1 Å². The molecule has 1 amide bonds. The second kappa shape index (κ2) is 7.11. The maximum atomic E-state index is 12.1. The van der Waals surface area contributed by atoms with Gasteiger partial charge in [-0.2, -0.15) is 0 Å². The minimum atomic E-state index is -0.351. The lowest BCUT2D eigenvalue weighted by molar-refractivity contribution is -0.146. The Morgan fingerprint density at radius 1 is 1.43 bits per heavy atom. The molecule has 0 bridgehead atoms. The van der Waals surface area contributed by atoms with Crippen molar-refractivity contribution < 1.29 is 14.3 Å². The summed E-state index contributed by atoms with van der Waals surface area (Å²) in [4.78, 5) is 25.5. The summed E-state index contributed by atoms with van der Waals surface area (Å²) >= 11 is 11.9. The summed E-state index contributed by atoms with van der Waals surface area (Å²) in [5.41, 5.74) is 0.461. The number of benzene rings is 1. The highest BCUT2D eigenvalue weighted by molar-refractivity contribution is 6.44. The number of likely N-dealkylation sites (tertiary alicyclic amines) is 1. The molecule has 1 fully saturated rings. The predicted octanol–water partition coefficient (Wildman–Crippen LogP) is 2.57. The van der Waals surface area contributed by atoms with E-state index in [4.69, 9.17) is 27.9 Å². The molecule has 0 radical (unpaired) electrons. The van der Waals surface area contributed by atoms with Gasteiger partial charge in [0.25, 0.3) is 0 Å². The van der Waals surface area contributed by atoms with Crippen LogP contribution in [-0.4, -0.2) is 43.0 Å². The molecule has 2 rings (SSSR count). The monoisotopic (exact) mass is 330 g/mol. The third kappa shape index (κ3) is 3.87. The Kier molecular flexibility index (Phi) is 5.45. The maximum Gasteiger partial charge on any atom is 0.323 e. The molecule has 1 saturated heterocycles. The first kappa shape index (κ1) is 16.1. The molecule has 1 unspecified atom stereocenters. The van der Waals surface area contributed by atoms with Crippen molar-refractivity contribution in [2.75, 3.05) is 25.5 Å². The molecular formula is C14H16Cl2N2O3. The van der Waals surface area contributed by atoms with Crippen LogP contribution < -0.4 is 5.32 Å². The van der Waals surface area contributed by atoms with Gasteiger partial charge in [0.15, 0.2) is 0 Å². The van der Waals surface area contributed by atoms with E-state index in [9.17, 15) is 9.59 Å². The van der Waals surface area contributed by atoms with E-state index in [1.165, 1.54) is 7.11 Å². The fraction of sp³-hybridized carbons (Fsp3) is 0.429. The third-order valence-electron chi connectivity index (χ3n) is 3.41. The number of methoxy groups -OCH3 is 1. The van der Waals surface area contributed by atoms with Gasteiger partial charge in [-0.3, -0.25) is 14.5 Å². The first-order valence-electron chi connectivity index (χ1n) is 6.58. The highest BCUT2D eigenvalue weighted by atomic mass is 35.5. The van der Waals surface area contributed by atoms with E-state index in [1.54, 1.807) is 23.1 Å². The van der Waals surface area contributed by atoms with Crippen molar-refractivity contribution in [3.63, 3.8) is 0 Å². The predicted molar refractivity (Wildman–Crippen MR) is 81.7 cm³/mol. The largest absolute Gasteiger partial charge is 0.468 e. The van der Waals surface area contributed by atoms with Gasteiger partial charge in [-0.25, -0.2) is 0 Å². The molecule has 5 nitrogen and oxygen atoms in total. The lowest BCUT2D eigenvalue weighted by atomic mass is 10.2. The van der Waals surface area contributed by atoms with Gasteiger partial charge in [-0.05, 0) is 31.5 Å². The van der Waals surface area contributed by atoms with Crippen LogP contribution in [0.4, 0.5) is 5.69 Å². The highest BCUT2D eigenvalue weighted by Gasteiger charge is 2.32. The van der Waals surface area contributed by atoms with Crippen molar-refractivity contribution in [3.05, 3.63) is 28.2 Å². The van der Waals surface area contributed by atoms with Gasteiger partial charge in [0.1, 0.15) is 6.04 Å². The number of anilines is 1. The summed E-state index contributed by atoms with van der Waals surface area (Å²) in [6.07, 6.45) is 1.57. The zero-order valence-corrected chi connectivity index (χ0v) is 13.1. The molecule has 1 heterocycles. The van der Waals surface area contributed by atoms with E-state index in [0.29, 0.717) is 28.7 Å². The number of carbonyl (C=O) groups is 2. The van der Waals surface area contributed by atoms with Gasteiger partial charge in [0.05, 0.1) is 29.4 Å².